The number of benzene rings is 1. The van der Waals surface area contributed by atoms with Crippen molar-refractivity contribution in [1.29, 1.82) is 0 Å². The monoisotopic (exact) mass is 287 g/mol. The lowest BCUT2D eigenvalue weighted by Crippen LogP contribution is -2.23. The van der Waals surface area contributed by atoms with Crippen molar-refractivity contribution in [2.24, 2.45) is 0 Å². The molecule has 5 heteroatoms. The number of rotatable bonds is 4. The van der Waals surface area contributed by atoms with E-state index in [-0.39, 0.29) is 18.7 Å². The molecule has 21 heavy (non-hydrogen) atoms. The Hall–Kier alpha value is -2.58. The van der Waals surface area contributed by atoms with Crippen LogP contribution in [0.3, 0.4) is 0 Å². The normalized spacial score (nSPS) is 9.81. The van der Waals surface area contributed by atoms with Gasteiger partial charge in [0.05, 0.1) is 24.7 Å². The number of nitrogens with one attached hydrogen (secondary N) is 1. The standard InChI is InChI=1S/C16H14FNO3/c17-15-5-4-12(3-1-2-7-19)9-14(15)16(20)18-10-13-6-8-21-11-13/h4-6,8-9,11,19H,2,7,10H2,(H,18,20). The third kappa shape index (κ3) is 4.20. The van der Waals surface area contributed by atoms with Gasteiger partial charge in [0.25, 0.3) is 5.91 Å². The van der Waals surface area contributed by atoms with Crippen molar-refractivity contribution >= 4 is 5.91 Å². The van der Waals surface area contributed by atoms with E-state index in [1.54, 1.807) is 6.07 Å². The number of hydrogen-bond donors (Lipinski definition) is 2. The van der Waals surface area contributed by atoms with Crippen LogP contribution in [0.5, 0.6) is 0 Å². The van der Waals surface area contributed by atoms with Crippen LogP contribution in [0.15, 0.2) is 41.2 Å². The van der Waals surface area contributed by atoms with Gasteiger partial charge in [-0.3, -0.25) is 4.79 Å². The maximum absolute atomic E-state index is 13.7. The molecule has 1 heterocycles. The average molecular weight is 287 g/mol. The summed E-state index contributed by atoms with van der Waals surface area (Å²) in [6.07, 6.45) is 3.34. The molecular weight excluding hydrogens is 273 g/mol. The van der Waals surface area contributed by atoms with Gasteiger partial charge in [-0.05, 0) is 24.3 Å². The summed E-state index contributed by atoms with van der Waals surface area (Å²) >= 11 is 0. The average Bonchev–Trinajstić information content (AvgIpc) is 3.00. The van der Waals surface area contributed by atoms with Crippen molar-refractivity contribution in [2.45, 2.75) is 13.0 Å². The molecule has 0 radical (unpaired) electrons. The van der Waals surface area contributed by atoms with E-state index in [2.05, 4.69) is 17.2 Å². The van der Waals surface area contributed by atoms with Gasteiger partial charge in [-0.15, -0.1) is 0 Å². The van der Waals surface area contributed by atoms with E-state index in [9.17, 15) is 9.18 Å². The molecule has 2 N–H and O–H groups in total. The van der Waals surface area contributed by atoms with Crippen molar-refractivity contribution in [1.82, 2.24) is 5.32 Å². The first-order chi connectivity index (χ1) is 10.2. The van der Waals surface area contributed by atoms with Gasteiger partial charge in [0.2, 0.25) is 0 Å². The van der Waals surface area contributed by atoms with Gasteiger partial charge in [-0.25, -0.2) is 4.39 Å². The van der Waals surface area contributed by atoms with Gasteiger partial charge in [0.1, 0.15) is 5.82 Å². The summed E-state index contributed by atoms with van der Waals surface area (Å²) in [5, 5.41) is 11.3. The van der Waals surface area contributed by atoms with E-state index in [4.69, 9.17) is 9.52 Å². The lowest BCUT2D eigenvalue weighted by molar-refractivity contribution is 0.0947. The molecule has 0 saturated carbocycles. The van der Waals surface area contributed by atoms with Crippen molar-refractivity contribution in [3.63, 3.8) is 0 Å². The summed E-state index contributed by atoms with van der Waals surface area (Å²) in [5.41, 5.74) is 1.26. The zero-order valence-electron chi connectivity index (χ0n) is 11.2. The van der Waals surface area contributed by atoms with Gasteiger partial charge in [0, 0.05) is 24.1 Å². The molecule has 2 rings (SSSR count). The second kappa shape index (κ2) is 7.27. The smallest absolute Gasteiger partial charge is 0.254 e. The summed E-state index contributed by atoms with van der Waals surface area (Å²) in [4.78, 5) is 12.0. The van der Waals surface area contributed by atoms with Gasteiger partial charge in [0.15, 0.2) is 0 Å². The summed E-state index contributed by atoms with van der Waals surface area (Å²) in [6, 6.07) is 5.81. The van der Waals surface area contributed by atoms with Gasteiger partial charge < -0.3 is 14.8 Å². The van der Waals surface area contributed by atoms with Crippen LogP contribution < -0.4 is 5.32 Å². The van der Waals surface area contributed by atoms with E-state index < -0.39 is 11.7 Å². The number of amides is 1. The first kappa shape index (κ1) is 14.8. The molecular formula is C16H14FNO3. The largest absolute Gasteiger partial charge is 0.472 e. The Bertz CT molecular complexity index is 669. The Kier molecular flexibility index (Phi) is 5.13. The highest BCUT2D eigenvalue weighted by Crippen LogP contribution is 2.10. The fourth-order valence-electron chi connectivity index (χ4n) is 1.67. The van der Waals surface area contributed by atoms with Crippen molar-refractivity contribution in [2.75, 3.05) is 6.61 Å². The quantitative estimate of drug-likeness (QED) is 0.846. The van der Waals surface area contributed by atoms with Crippen LogP contribution >= 0.6 is 0 Å². The second-order valence-corrected chi connectivity index (χ2v) is 4.28. The highest BCUT2D eigenvalue weighted by Gasteiger charge is 2.12. The molecule has 0 spiro atoms. The lowest BCUT2D eigenvalue weighted by atomic mass is 10.1. The predicted octanol–water partition coefficient (Wildman–Crippen LogP) is 2.08. The lowest BCUT2D eigenvalue weighted by Gasteiger charge is -2.05. The highest BCUT2D eigenvalue weighted by molar-refractivity contribution is 5.94. The van der Waals surface area contributed by atoms with Gasteiger partial charge in [-0.1, -0.05) is 11.8 Å². The van der Waals surface area contributed by atoms with Crippen molar-refractivity contribution in [3.05, 3.63) is 59.3 Å². The van der Waals surface area contributed by atoms with E-state index in [0.717, 1.165) is 5.56 Å². The minimum absolute atomic E-state index is 0.0355. The summed E-state index contributed by atoms with van der Waals surface area (Å²) in [6.45, 7) is 0.224. The number of furan rings is 1. The third-order valence-electron chi connectivity index (χ3n) is 2.71. The molecule has 0 aliphatic heterocycles. The summed E-state index contributed by atoms with van der Waals surface area (Å²) < 4.78 is 18.6. The zero-order valence-corrected chi connectivity index (χ0v) is 11.2. The summed E-state index contributed by atoms with van der Waals surface area (Å²) in [5.74, 6) is 4.37. The molecule has 0 fully saturated rings. The van der Waals surface area contributed by atoms with Crippen molar-refractivity contribution < 1.29 is 18.7 Å². The Labute approximate surface area is 121 Å². The van der Waals surface area contributed by atoms with E-state index in [1.165, 1.54) is 30.7 Å². The minimum atomic E-state index is -0.604. The topological polar surface area (TPSA) is 62.5 Å². The van der Waals surface area contributed by atoms with Crippen LogP contribution in [0.2, 0.25) is 0 Å². The molecule has 0 saturated heterocycles. The van der Waals surface area contributed by atoms with E-state index >= 15 is 0 Å². The van der Waals surface area contributed by atoms with Gasteiger partial charge in [-0.2, -0.15) is 0 Å². The molecule has 1 amide bonds. The summed E-state index contributed by atoms with van der Waals surface area (Å²) in [7, 11) is 0. The van der Waals surface area contributed by atoms with Crippen LogP contribution in [0, 0.1) is 17.7 Å². The van der Waals surface area contributed by atoms with Crippen LogP contribution in [0.4, 0.5) is 4.39 Å². The van der Waals surface area contributed by atoms with Crippen molar-refractivity contribution in [3.8, 4) is 11.8 Å². The number of carbonyl (C=O) groups excluding carboxylic acids is 1. The molecule has 0 aliphatic rings. The Morgan fingerprint density at radius 1 is 1.38 bits per heavy atom. The molecule has 1 aromatic heterocycles. The maximum Gasteiger partial charge on any atom is 0.254 e. The Morgan fingerprint density at radius 3 is 2.95 bits per heavy atom. The van der Waals surface area contributed by atoms with Crippen LogP contribution in [-0.2, 0) is 6.54 Å². The van der Waals surface area contributed by atoms with E-state index in [0.29, 0.717) is 12.0 Å². The molecule has 4 nitrogen and oxygen atoms in total. The van der Waals surface area contributed by atoms with Crippen LogP contribution in [-0.4, -0.2) is 17.6 Å². The first-order valence-electron chi connectivity index (χ1n) is 6.39. The number of halogens is 1. The predicted molar refractivity (Wildman–Crippen MR) is 74.9 cm³/mol. The zero-order chi connectivity index (χ0) is 15.1. The molecule has 0 aliphatic carbocycles. The Balaban J connectivity index is 2.09. The number of aliphatic hydroxyl groups is 1. The number of carbonyl (C=O) groups is 1. The molecule has 0 bridgehead atoms. The molecule has 1 aromatic carbocycles. The second-order valence-electron chi connectivity index (χ2n) is 4.28. The first-order valence-corrected chi connectivity index (χ1v) is 6.39. The Morgan fingerprint density at radius 2 is 2.24 bits per heavy atom. The number of aliphatic hydroxyl groups excluding tert-OH is 1. The minimum Gasteiger partial charge on any atom is -0.472 e. The van der Waals surface area contributed by atoms with E-state index in [1.807, 2.05) is 0 Å². The van der Waals surface area contributed by atoms with Crippen LogP contribution in [0.25, 0.3) is 0 Å². The molecule has 108 valence electrons. The fourth-order valence-corrected chi connectivity index (χ4v) is 1.67. The molecule has 0 atom stereocenters. The SMILES string of the molecule is O=C(NCc1ccoc1)c1cc(C#CCCO)ccc1F. The fraction of sp³-hybridized carbons (Fsp3) is 0.188. The maximum atomic E-state index is 13.7. The molecule has 0 unspecified atom stereocenters. The highest BCUT2D eigenvalue weighted by atomic mass is 19.1. The van der Waals surface area contributed by atoms with Crippen LogP contribution in [0.1, 0.15) is 27.9 Å². The third-order valence-corrected chi connectivity index (χ3v) is 2.71. The molecule has 2 aromatic rings. The number of hydrogen-bond acceptors (Lipinski definition) is 3. The van der Waals surface area contributed by atoms with Gasteiger partial charge >= 0.3 is 0 Å².